The Hall–Kier alpha value is -2.25. The molecule has 0 heterocycles. The highest BCUT2D eigenvalue weighted by molar-refractivity contribution is 9.10. The van der Waals surface area contributed by atoms with Gasteiger partial charge in [-0.15, -0.1) is 0 Å². The predicted octanol–water partition coefficient (Wildman–Crippen LogP) is 3.38. The van der Waals surface area contributed by atoms with E-state index >= 15 is 0 Å². The van der Waals surface area contributed by atoms with Crippen LogP contribution >= 0.6 is 27.5 Å². The quantitative estimate of drug-likeness (QED) is 0.502. The second-order valence-electron chi connectivity index (χ2n) is 4.70. The number of phenols is 1. The van der Waals surface area contributed by atoms with E-state index in [4.69, 9.17) is 16.3 Å². The lowest BCUT2D eigenvalue weighted by atomic mass is 10.2. The second kappa shape index (κ2) is 8.56. The van der Waals surface area contributed by atoms with Crippen molar-refractivity contribution >= 4 is 45.3 Å². The van der Waals surface area contributed by atoms with Crippen molar-refractivity contribution in [3.05, 3.63) is 51.5 Å². The van der Waals surface area contributed by atoms with E-state index < -0.39 is 0 Å². The number of anilines is 1. The van der Waals surface area contributed by atoms with Gasteiger partial charge in [-0.25, -0.2) is 5.43 Å². The summed E-state index contributed by atoms with van der Waals surface area (Å²) in [6.45, 7) is 0.0294. The molecule has 1 amide bonds. The average molecular weight is 413 g/mol. The fourth-order valence-electron chi connectivity index (χ4n) is 1.78. The number of hydrogen-bond donors (Lipinski definition) is 3. The van der Waals surface area contributed by atoms with Gasteiger partial charge in [0.2, 0.25) is 0 Å². The molecule has 2 rings (SSSR count). The van der Waals surface area contributed by atoms with Crippen molar-refractivity contribution in [2.24, 2.45) is 5.10 Å². The van der Waals surface area contributed by atoms with Gasteiger partial charge in [0.05, 0.1) is 19.9 Å². The fraction of sp³-hybridized carbons (Fsp3) is 0.125. The van der Waals surface area contributed by atoms with E-state index in [9.17, 15) is 9.90 Å². The Kier molecular flexibility index (Phi) is 6.45. The van der Waals surface area contributed by atoms with E-state index in [0.29, 0.717) is 16.3 Å². The number of hydrazone groups is 1. The summed E-state index contributed by atoms with van der Waals surface area (Å²) < 4.78 is 5.82. The van der Waals surface area contributed by atoms with E-state index in [1.807, 2.05) is 0 Å². The zero-order valence-corrected chi connectivity index (χ0v) is 15.1. The number of hydrogen-bond acceptors (Lipinski definition) is 5. The van der Waals surface area contributed by atoms with Crippen LogP contribution in [0.1, 0.15) is 5.56 Å². The van der Waals surface area contributed by atoms with Gasteiger partial charge < -0.3 is 15.2 Å². The molecule has 0 aromatic heterocycles. The molecule has 0 aliphatic rings. The first-order valence-corrected chi connectivity index (χ1v) is 8.04. The molecule has 24 heavy (non-hydrogen) atoms. The largest absolute Gasteiger partial charge is 0.507 e. The van der Waals surface area contributed by atoms with Gasteiger partial charge in [-0.3, -0.25) is 4.79 Å². The molecule has 0 saturated carbocycles. The molecule has 0 saturated heterocycles. The standard InChI is InChI=1S/C16H15BrClN3O3/c1-24-12-3-5-15(22)10(6-12)8-20-21-16(23)9-19-14-4-2-11(18)7-13(14)17/h2-8,19,22H,9H2,1H3,(H,21,23)/b20-8+. The van der Waals surface area contributed by atoms with Gasteiger partial charge in [0.25, 0.3) is 5.91 Å². The molecular weight excluding hydrogens is 398 g/mol. The molecule has 0 radical (unpaired) electrons. The highest BCUT2D eigenvalue weighted by Gasteiger charge is 2.04. The predicted molar refractivity (Wildman–Crippen MR) is 98.0 cm³/mol. The minimum absolute atomic E-state index is 0.0294. The van der Waals surface area contributed by atoms with Crippen LogP contribution < -0.4 is 15.5 Å². The number of halogens is 2. The second-order valence-corrected chi connectivity index (χ2v) is 5.99. The molecular formula is C16H15BrClN3O3. The number of ether oxygens (including phenoxy) is 1. The van der Waals surface area contributed by atoms with Gasteiger partial charge in [0.1, 0.15) is 11.5 Å². The first kappa shape index (κ1) is 18.1. The number of carbonyl (C=O) groups excluding carboxylic acids is 1. The van der Waals surface area contributed by atoms with Gasteiger partial charge in [-0.05, 0) is 52.3 Å². The Balaban J connectivity index is 1.89. The number of benzene rings is 2. The number of phenolic OH excluding ortho intramolecular Hbond substituents is 1. The molecule has 0 fully saturated rings. The van der Waals surface area contributed by atoms with Gasteiger partial charge in [-0.2, -0.15) is 5.10 Å². The van der Waals surface area contributed by atoms with Crippen LogP contribution in [0.15, 0.2) is 46.0 Å². The monoisotopic (exact) mass is 411 g/mol. The number of rotatable bonds is 6. The maximum absolute atomic E-state index is 11.8. The Morgan fingerprint density at radius 1 is 1.38 bits per heavy atom. The van der Waals surface area contributed by atoms with Crippen LogP contribution in [0.4, 0.5) is 5.69 Å². The van der Waals surface area contributed by atoms with Crippen LogP contribution in [0.2, 0.25) is 5.02 Å². The number of nitrogens with zero attached hydrogens (tertiary/aromatic N) is 1. The van der Waals surface area contributed by atoms with Gasteiger partial charge in [0.15, 0.2) is 0 Å². The first-order valence-electron chi connectivity index (χ1n) is 6.87. The highest BCUT2D eigenvalue weighted by Crippen LogP contribution is 2.25. The third kappa shape index (κ3) is 5.14. The smallest absolute Gasteiger partial charge is 0.259 e. The lowest BCUT2D eigenvalue weighted by Gasteiger charge is -2.07. The van der Waals surface area contributed by atoms with Crippen LogP contribution in [0.3, 0.4) is 0 Å². The molecule has 2 aromatic rings. The van der Waals surface area contributed by atoms with Crippen LogP contribution in [0.25, 0.3) is 0 Å². The van der Waals surface area contributed by atoms with E-state index in [2.05, 4.69) is 31.8 Å². The molecule has 0 atom stereocenters. The maximum Gasteiger partial charge on any atom is 0.259 e. The number of aromatic hydroxyl groups is 1. The summed E-state index contributed by atoms with van der Waals surface area (Å²) in [5, 5.41) is 17.1. The topological polar surface area (TPSA) is 83.0 Å². The first-order chi connectivity index (χ1) is 11.5. The Labute approximate surface area is 152 Å². The molecule has 2 aromatic carbocycles. The van der Waals surface area contributed by atoms with Crippen LogP contribution in [0, 0.1) is 0 Å². The van der Waals surface area contributed by atoms with Crippen molar-refractivity contribution in [1.29, 1.82) is 0 Å². The molecule has 6 nitrogen and oxygen atoms in total. The summed E-state index contributed by atoms with van der Waals surface area (Å²) in [6.07, 6.45) is 1.34. The maximum atomic E-state index is 11.8. The van der Waals surface area contributed by atoms with Crippen molar-refractivity contribution in [2.45, 2.75) is 0 Å². The fourth-order valence-corrected chi connectivity index (χ4v) is 2.61. The third-order valence-corrected chi connectivity index (χ3v) is 3.89. The van der Waals surface area contributed by atoms with Crippen molar-refractivity contribution in [1.82, 2.24) is 5.43 Å². The number of carbonyl (C=O) groups is 1. The number of amides is 1. The minimum Gasteiger partial charge on any atom is -0.507 e. The molecule has 126 valence electrons. The Morgan fingerprint density at radius 3 is 2.88 bits per heavy atom. The van der Waals surface area contributed by atoms with E-state index in [1.165, 1.54) is 19.4 Å². The van der Waals surface area contributed by atoms with Crippen molar-refractivity contribution < 1.29 is 14.6 Å². The Morgan fingerprint density at radius 2 is 2.17 bits per heavy atom. The van der Waals surface area contributed by atoms with Gasteiger partial charge in [0, 0.05) is 20.7 Å². The van der Waals surface area contributed by atoms with Crippen molar-refractivity contribution in [3.63, 3.8) is 0 Å². The molecule has 0 aliphatic carbocycles. The zero-order valence-electron chi connectivity index (χ0n) is 12.7. The number of nitrogens with one attached hydrogen (secondary N) is 2. The summed E-state index contributed by atoms with van der Waals surface area (Å²) in [4.78, 5) is 11.8. The number of methoxy groups -OCH3 is 1. The van der Waals surface area contributed by atoms with Crippen molar-refractivity contribution in [3.8, 4) is 11.5 Å². The molecule has 0 unspecified atom stereocenters. The average Bonchev–Trinajstić information content (AvgIpc) is 2.55. The molecule has 3 N–H and O–H groups in total. The molecule has 0 bridgehead atoms. The van der Waals surface area contributed by atoms with Crippen LogP contribution in [-0.4, -0.2) is 30.9 Å². The molecule has 0 spiro atoms. The van der Waals surface area contributed by atoms with Gasteiger partial charge in [-0.1, -0.05) is 11.6 Å². The van der Waals surface area contributed by atoms with E-state index in [0.717, 1.165) is 10.2 Å². The SMILES string of the molecule is COc1ccc(O)c(/C=N/NC(=O)CNc2ccc(Cl)cc2Br)c1. The highest BCUT2D eigenvalue weighted by atomic mass is 79.9. The third-order valence-electron chi connectivity index (χ3n) is 3.00. The lowest BCUT2D eigenvalue weighted by molar-refractivity contribution is -0.119. The summed E-state index contributed by atoms with van der Waals surface area (Å²) in [5.74, 6) is 0.280. The normalized spacial score (nSPS) is 10.6. The van der Waals surface area contributed by atoms with E-state index in [1.54, 1.807) is 30.3 Å². The minimum atomic E-state index is -0.338. The Bertz CT molecular complexity index is 768. The molecule has 0 aliphatic heterocycles. The summed E-state index contributed by atoms with van der Waals surface area (Å²) in [5.41, 5.74) is 3.54. The zero-order chi connectivity index (χ0) is 17.5. The molecule has 8 heteroatoms. The summed E-state index contributed by atoms with van der Waals surface area (Å²) in [7, 11) is 1.52. The van der Waals surface area contributed by atoms with E-state index in [-0.39, 0.29) is 18.2 Å². The summed E-state index contributed by atoms with van der Waals surface area (Å²) >= 11 is 9.21. The van der Waals surface area contributed by atoms with Crippen molar-refractivity contribution in [2.75, 3.05) is 19.0 Å². The van der Waals surface area contributed by atoms with Crippen LogP contribution in [0.5, 0.6) is 11.5 Å². The van der Waals surface area contributed by atoms with Gasteiger partial charge >= 0.3 is 0 Å². The van der Waals surface area contributed by atoms with Crippen LogP contribution in [-0.2, 0) is 4.79 Å². The summed E-state index contributed by atoms with van der Waals surface area (Å²) in [6, 6.07) is 9.92. The lowest BCUT2D eigenvalue weighted by Crippen LogP contribution is -2.26.